The highest BCUT2D eigenvalue weighted by Gasteiger charge is 2.33. The number of hydrogen-bond acceptors (Lipinski definition) is 3. The fourth-order valence-corrected chi connectivity index (χ4v) is 3.29. The van der Waals surface area contributed by atoms with Crippen molar-refractivity contribution in [3.63, 3.8) is 0 Å². The Balaban J connectivity index is 1.73. The summed E-state index contributed by atoms with van der Waals surface area (Å²) >= 11 is 0. The molecule has 2 fully saturated rings. The predicted molar refractivity (Wildman–Crippen MR) is 71.2 cm³/mol. The molecular formula is C14H28N2O. The van der Waals surface area contributed by atoms with Gasteiger partial charge in [-0.1, -0.05) is 6.92 Å². The molecule has 1 N–H and O–H groups in total. The summed E-state index contributed by atoms with van der Waals surface area (Å²) in [6, 6.07) is 1.52. The van der Waals surface area contributed by atoms with E-state index in [1.165, 1.54) is 39.0 Å². The van der Waals surface area contributed by atoms with E-state index in [0.717, 1.165) is 25.3 Å². The molecule has 2 rings (SSSR count). The van der Waals surface area contributed by atoms with Crippen molar-refractivity contribution in [2.24, 2.45) is 0 Å². The Morgan fingerprint density at radius 1 is 1.35 bits per heavy atom. The maximum atomic E-state index is 9.58. The van der Waals surface area contributed by atoms with E-state index in [4.69, 9.17) is 0 Å². The van der Waals surface area contributed by atoms with E-state index in [2.05, 4.69) is 23.6 Å². The van der Waals surface area contributed by atoms with Gasteiger partial charge >= 0.3 is 0 Å². The van der Waals surface area contributed by atoms with Gasteiger partial charge in [0.25, 0.3) is 0 Å². The first kappa shape index (κ1) is 13.3. The average molecular weight is 240 g/mol. The van der Waals surface area contributed by atoms with Crippen molar-refractivity contribution in [2.75, 3.05) is 26.2 Å². The maximum absolute atomic E-state index is 9.58. The summed E-state index contributed by atoms with van der Waals surface area (Å²) in [5, 5.41) is 9.58. The van der Waals surface area contributed by atoms with Crippen molar-refractivity contribution < 1.29 is 5.11 Å². The lowest BCUT2D eigenvalue weighted by molar-refractivity contribution is 0.0544. The van der Waals surface area contributed by atoms with Crippen LogP contribution in [0.25, 0.3) is 0 Å². The van der Waals surface area contributed by atoms with E-state index < -0.39 is 0 Å². The second-order valence-corrected chi connectivity index (χ2v) is 5.84. The van der Waals surface area contributed by atoms with Gasteiger partial charge < -0.3 is 5.11 Å². The van der Waals surface area contributed by atoms with Crippen LogP contribution in [0.4, 0.5) is 0 Å². The Labute approximate surface area is 106 Å². The van der Waals surface area contributed by atoms with E-state index in [-0.39, 0.29) is 6.10 Å². The number of rotatable bonds is 5. The van der Waals surface area contributed by atoms with E-state index in [0.29, 0.717) is 6.04 Å². The van der Waals surface area contributed by atoms with Gasteiger partial charge in [-0.05, 0) is 52.1 Å². The lowest BCUT2D eigenvalue weighted by Crippen LogP contribution is -2.55. The zero-order chi connectivity index (χ0) is 12.3. The summed E-state index contributed by atoms with van der Waals surface area (Å²) in [6.45, 7) is 9.40. The Bertz CT molecular complexity index is 234. The van der Waals surface area contributed by atoms with Gasteiger partial charge in [-0.15, -0.1) is 0 Å². The van der Waals surface area contributed by atoms with Crippen molar-refractivity contribution in [1.82, 2.24) is 9.80 Å². The van der Waals surface area contributed by atoms with Gasteiger partial charge in [0.05, 0.1) is 6.10 Å². The van der Waals surface area contributed by atoms with Crippen LogP contribution in [-0.4, -0.2) is 59.3 Å². The minimum atomic E-state index is -0.0851. The van der Waals surface area contributed by atoms with Gasteiger partial charge in [0.15, 0.2) is 0 Å². The summed E-state index contributed by atoms with van der Waals surface area (Å²) in [5.41, 5.74) is 0. The molecule has 3 unspecified atom stereocenters. The van der Waals surface area contributed by atoms with Gasteiger partial charge in [0, 0.05) is 25.2 Å². The maximum Gasteiger partial charge on any atom is 0.0538 e. The SMILES string of the molecule is CCC(O)CCCN1CC2CCCN2CC1C. The standard InChI is InChI=1S/C14H28N2O/c1-3-14(17)7-5-8-15-11-13-6-4-9-16(13)10-12(15)2/h12-14,17H,3-11H2,1-2H3. The molecule has 3 atom stereocenters. The first-order valence-corrected chi connectivity index (χ1v) is 7.37. The molecule has 2 saturated heterocycles. The van der Waals surface area contributed by atoms with Gasteiger partial charge in [0.1, 0.15) is 0 Å². The molecule has 17 heavy (non-hydrogen) atoms. The molecular weight excluding hydrogens is 212 g/mol. The Hall–Kier alpha value is -0.120. The Kier molecular flexibility index (Phi) is 4.83. The minimum absolute atomic E-state index is 0.0851. The second kappa shape index (κ2) is 6.17. The molecule has 0 radical (unpaired) electrons. The van der Waals surface area contributed by atoms with Crippen molar-refractivity contribution in [3.8, 4) is 0 Å². The molecule has 2 aliphatic heterocycles. The van der Waals surface area contributed by atoms with Crippen LogP contribution in [0, 0.1) is 0 Å². The molecule has 2 aliphatic rings. The monoisotopic (exact) mass is 240 g/mol. The molecule has 3 heteroatoms. The zero-order valence-electron chi connectivity index (χ0n) is 11.4. The molecule has 2 heterocycles. The Morgan fingerprint density at radius 3 is 2.94 bits per heavy atom. The number of aliphatic hydroxyl groups excluding tert-OH is 1. The fourth-order valence-electron chi connectivity index (χ4n) is 3.29. The van der Waals surface area contributed by atoms with E-state index >= 15 is 0 Å². The summed E-state index contributed by atoms with van der Waals surface area (Å²) in [7, 11) is 0. The van der Waals surface area contributed by atoms with Crippen LogP contribution >= 0.6 is 0 Å². The van der Waals surface area contributed by atoms with Crippen LogP contribution in [-0.2, 0) is 0 Å². The van der Waals surface area contributed by atoms with Crippen LogP contribution in [0.3, 0.4) is 0 Å². The quantitative estimate of drug-likeness (QED) is 0.792. The van der Waals surface area contributed by atoms with Crippen molar-refractivity contribution >= 4 is 0 Å². The predicted octanol–water partition coefficient (Wildman–Crippen LogP) is 1.71. The molecule has 0 saturated carbocycles. The van der Waals surface area contributed by atoms with Crippen LogP contribution in [0.15, 0.2) is 0 Å². The summed E-state index contributed by atoms with van der Waals surface area (Å²) in [4.78, 5) is 5.30. The molecule has 100 valence electrons. The van der Waals surface area contributed by atoms with Crippen molar-refractivity contribution in [3.05, 3.63) is 0 Å². The molecule has 0 aromatic carbocycles. The topological polar surface area (TPSA) is 26.7 Å². The van der Waals surface area contributed by atoms with Gasteiger partial charge in [-0.2, -0.15) is 0 Å². The minimum Gasteiger partial charge on any atom is -0.393 e. The third-order valence-electron chi connectivity index (χ3n) is 4.52. The van der Waals surface area contributed by atoms with Crippen LogP contribution in [0.5, 0.6) is 0 Å². The van der Waals surface area contributed by atoms with Gasteiger partial charge in [-0.25, -0.2) is 0 Å². The highest BCUT2D eigenvalue weighted by Crippen LogP contribution is 2.24. The third-order valence-corrected chi connectivity index (χ3v) is 4.52. The highest BCUT2D eigenvalue weighted by atomic mass is 16.3. The number of nitrogens with zero attached hydrogens (tertiary/aromatic N) is 2. The number of piperazine rings is 1. The number of fused-ring (bicyclic) bond motifs is 1. The van der Waals surface area contributed by atoms with Crippen LogP contribution in [0.2, 0.25) is 0 Å². The van der Waals surface area contributed by atoms with Crippen LogP contribution < -0.4 is 0 Å². The average Bonchev–Trinajstić information content (AvgIpc) is 2.76. The highest BCUT2D eigenvalue weighted by molar-refractivity contribution is 4.90. The first-order valence-electron chi connectivity index (χ1n) is 7.37. The third kappa shape index (κ3) is 3.43. The van der Waals surface area contributed by atoms with Crippen molar-refractivity contribution in [1.29, 1.82) is 0 Å². The van der Waals surface area contributed by atoms with Crippen molar-refractivity contribution in [2.45, 2.75) is 64.1 Å². The normalized spacial score (nSPS) is 32.6. The number of hydrogen-bond donors (Lipinski definition) is 1. The van der Waals surface area contributed by atoms with Gasteiger partial charge in [-0.3, -0.25) is 9.80 Å². The molecule has 0 bridgehead atoms. The van der Waals surface area contributed by atoms with Crippen LogP contribution in [0.1, 0.15) is 46.0 Å². The lowest BCUT2D eigenvalue weighted by atomic mass is 10.1. The zero-order valence-corrected chi connectivity index (χ0v) is 11.4. The lowest BCUT2D eigenvalue weighted by Gasteiger charge is -2.42. The molecule has 3 nitrogen and oxygen atoms in total. The summed E-state index contributed by atoms with van der Waals surface area (Å²) in [6.07, 6.45) is 5.70. The Morgan fingerprint density at radius 2 is 2.18 bits per heavy atom. The van der Waals surface area contributed by atoms with E-state index in [1.54, 1.807) is 0 Å². The second-order valence-electron chi connectivity index (χ2n) is 5.84. The molecule has 0 aromatic heterocycles. The number of aliphatic hydroxyl groups is 1. The smallest absolute Gasteiger partial charge is 0.0538 e. The molecule has 0 amide bonds. The fraction of sp³-hybridized carbons (Fsp3) is 1.00. The van der Waals surface area contributed by atoms with E-state index in [1.807, 2.05) is 0 Å². The molecule has 0 aromatic rings. The molecule has 0 spiro atoms. The van der Waals surface area contributed by atoms with Gasteiger partial charge in [0.2, 0.25) is 0 Å². The summed E-state index contributed by atoms with van der Waals surface area (Å²) < 4.78 is 0. The molecule has 0 aliphatic carbocycles. The first-order chi connectivity index (χ1) is 8.20. The largest absolute Gasteiger partial charge is 0.393 e. The van der Waals surface area contributed by atoms with E-state index in [9.17, 15) is 5.11 Å². The summed E-state index contributed by atoms with van der Waals surface area (Å²) in [5.74, 6) is 0.